The van der Waals surface area contributed by atoms with Crippen LogP contribution in [0.5, 0.6) is 0 Å². The van der Waals surface area contributed by atoms with Crippen molar-refractivity contribution in [2.75, 3.05) is 33.7 Å². The first-order chi connectivity index (χ1) is 13.0. The summed E-state index contributed by atoms with van der Waals surface area (Å²) in [6.07, 6.45) is -0.440. The number of rotatable bonds is 17. The quantitative estimate of drug-likeness (QED) is 0.288. The summed E-state index contributed by atoms with van der Waals surface area (Å²) in [6, 6.07) is 0. The van der Waals surface area contributed by atoms with Gasteiger partial charge in [-0.15, -0.1) is 0 Å². The van der Waals surface area contributed by atoms with Crippen molar-refractivity contribution in [1.29, 1.82) is 0 Å². The van der Waals surface area contributed by atoms with Gasteiger partial charge in [0.25, 0.3) is 6.48 Å². The van der Waals surface area contributed by atoms with E-state index in [0.29, 0.717) is 26.1 Å². The maximum atomic E-state index is 10.8. The van der Waals surface area contributed by atoms with Gasteiger partial charge in [-0.3, -0.25) is 0 Å². The molecule has 0 bridgehead atoms. The summed E-state index contributed by atoms with van der Waals surface area (Å²) in [5.41, 5.74) is -0.385. The average Bonchev–Trinajstić information content (AvgIpc) is 2.58. The van der Waals surface area contributed by atoms with Crippen LogP contribution in [0.25, 0.3) is 0 Å². The normalized spacial score (nSPS) is 16.9. The number of hydrogen-bond donors (Lipinski definition) is 1. The first kappa shape index (κ1) is 27.7. The topological polar surface area (TPSA) is 84.8 Å². The van der Waals surface area contributed by atoms with Crippen LogP contribution in [0.2, 0.25) is 0 Å². The Morgan fingerprint density at radius 3 is 2.07 bits per heavy atom. The Morgan fingerprint density at radius 1 is 0.893 bits per heavy atom. The monoisotopic (exact) mass is 410 g/mol. The van der Waals surface area contributed by atoms with Gasteiger partial charge in [-0.25, -0.2) is 4.74 Å². The van der Waals surface area contributed by atoms with Gasteiger partial charge in [0.15, 0.2) is 6.79 Å². The molecule has 0 fully saturated rings. The molecule has 0 aromatic heterocycles. The van der Waals surface area contributed by atoms with E-state index in [1.54, 1.807) is 7.11 Å². The zero-order valence-corrected chi connectivity index (χ0v) is 19.0. The SMILES string of the molecule is CCC(C)OC(O)(OCCCCOC)OC(OCOC(C)(C)C)OCC(C)C. The standard InChI is InChI=1S/C20H42O8/c1-9-17(4)27-20(21,25-13-11-10-12-22-8)28-18(23-14-16(2)3)24-15-26-19(5,6)7/h16-18,21H,9-15H2,1-8H3. The van der Waals surface area contributed by atoms with Crippen molar-refractivity contribution in [3.8, 4) is 0 Å². The summed E-state index contributed by atoms with van der Waals surface area (Å²) in [5, 5.41) is 10.8. The summed E-state index contributed by atoms with van der Waals surface area (Å²) in [4.78, 5) is 0. The van der Waals surface area contributed by atoms with Gasteiger partial charge in [0.1, 0.15) is 0 Å². The Balaban J connectivity index is 4.91. The van der Waals surface area contributed by atoms with Crippen LogP contribution < -0.4 is 0 Å². The van der Waals surface area contributed by atoms with Gasteiger partial charge in [0, 0.05) is 13.7 Å². The van der Waals surface area contributed by atoms with Gasteiger partial charge in [-0.1, -0.05) is 20.8 Å². The van der Waals surface area contributed by atoms with Crippen molar-refractivity contribution in [3.05, 3.63) is 0 Å². The minimum absolute atomic E-state index is 0.0699. The third kappa shape index (κ3) is 15.6. The Kier molecular flexibility index (Phi) is 14.5. The lowest BCUT2D eigenvalue weighted by atomic mass is 10.2. The molecule has 0 rings (SSSR count). The van der Waals surface area contributed by atoms with Gasteiger partial charge in [0.2, 0.25) is 0 Å². The van der Waals surface area contributed by atoms with E-state index in [4.69, 9.17) is 33.2 Å². The maximum absolute atomic E-state index is 10.8. The Bertz CT molecular complexity index is 372. The summed E-state index contributed by atoms with van der Waals surface area (Å²) < 4.78 is 38.3. The van der Waals surface area contributed by atoms with E-state index in [2.05, 4.69) is 0 Å². The molecule has 3 atom stereocenters. The van der Waals surface area contributed by atoms with Gasteiger partial charge in [-0.2, -0.15) is 0 Å². The molecule has 1 N–H and O–H groups in total. The van der Waals surface area contributed by atoms with Gasteiger partial charge in [-0.05, 0) is 52.9 Å². The molecule has 0 aromatic rings. The summed E-state index contributed by atoms with van der Waals surface area (Å²) in [7, 11) is 1.64. The number of aliphatic hydroxyl groups is 1. The highest BCUT2D eigenvalue weighted by atomic mass is 17.0. The fourth-order valence-corrected chi connectivity index (χ4v) is 1.76. The molecule has 28 heavy (non-hydrogen) atoms. The van der Waals surface area contributed by atoms with E-state index < -0.39 is 12.6 Å². The Hall–Kier alpha value is -0.320. The molecule has 0 aromatic carbocycles. The molecule has 0 aliphatic rings. The van der Waals surface area contributed by atoms with Crippen molar-refractivity contribution < 1.29 is 38.3 Å². The van der Waals surface area contributed by atoms with E-state index in [0.717, 1.165) is 6.42 Å². The summed E-state index contributed by atoms with van der Waals surface area (Å²) in [6.45, 7) is 13.4. The molecule has 0 saturated heterocycles. The van der Waals surface area contributed by atoms with E-state index in [9.17, 15) is 5.11 Å². The molecular weight excluding hydrogens is 368 g/mol. The average molecular weight is 411 g/mol. The van der Waals surface area contributed by atoms with Crippen molar-refractivity contribution in [2.24, 2.45) is 5.92 Å². The van der Waals surface area contributed by atoms with Crippen LogP contribution in [0, 0.1) is 5.92 Å². The fourth-order valence-electron chi connectivity index (χ4n) is 1.76. The first-order valence-electron chi connectivity index (χ1n) is 10.1. The molecule has 0 aliphatic heterocycles. The molecular formula is C20H42O8. The second kappa shape index (κ2) is 14.6. The Labute approximate surface area is 170 Å². The summed E-state index contributed by atoms with van der Waals surface area (Å²) >= 11 is 0. The molecule has 8 nitrogen and oxygen atoms in total. The Morgan fingerprint density at radius 2 is 1.54 bits per heavy atom. The number of hydrogen-bond acceptors (Lipinski definition) is 8. The van der Waals surface area contributed by atoms with Crippen LogP contribution in [0.4, 0.5) is 0 Å². The predicted octanol–water partition coefficient (Wildman–Crippen LogP) is 3.61. The molecule has 3 unspecified atom stereocenters. The zero-order valence-electron chi connectivity index (χ0n) is 19.0. The van der Waals surface area contributed by atoms with Crippen LogP contribution in [-0.2, 0) is 33.2 Å². The molecule has 0 aliphatic carbocycles. The van der Waals surface area contributed by atoms with E-state index in [1.165, 1.54) is 0 Å². The van der Waals surface area contributed by atoms with E-state index in [-0.39, 0.29) is 31.0 Å². The van der Waals surface area contributed by atoms with Crippen molar-refractivity contribution >= 4 is 0 Å². The van der Waals surface area contributed by atoms with Crippen molar-refractivity contribution in [1.82, 2.24) is 0 Å². The highest BCUT2D eigenvalue weighted by Gasteiger charge is 2.37. The highest BCUT2D eigenvalue weighted by molar-refractivity contribution is 4.56. The van der Waals surface area contributed by atoms with E-state index in [1.807, 2.05) is 48.5 Å². The lowest BCUT2D eigenvalue weighted by molar-refractivity contribution is -0.544. The lowest BCUT2D eigenvalue weighted by Gasteiger charge is -2.33. The van der Waals surface area contributed by atoms with Crippen molar-refractivity contribution in [3.63, 3.8) is 0 Å². The number of ether oxygens (including phenoxy) is 7. The minimum atomic E-state index is -2.29. The van der Waals surface area contributed by atoms with E-state index >= 15 is 0 Å². The zero-order chi connectivity index (χ0) is 21.6. The van der Waals surface area contributed by atoms with Crippen LogP contribution in [0.15, 0.2) is 0 Å². The highest BCUT2D eigenvalue weighted by Crippen LogP contribution is 2.21. The van der Waals surface area contributed by atoms with Crippen LogP contribution >= 0.6 is 0 Å². The van der Waals surface area contributed by atoms with Crippen LogP contribution in [0.3, 0.4) is 0 Å². The molecule has 0 saturated carbocycles. The molecule has 0 heterocycles. The van der Waals surface area contributed by atoms with Crippen LogP contribution in [-0.4, -0.2) is 63.2 Å². The maximum Gasteiger partial charge on any atom is 0.414 e. The largest absolute Gasteiger partial charge is 0.414 e. The predicted molar refractivity (Wildman–Crippen MR) is 105 cm³/mol. The third-order valence-electron chi connectivity index (χ3n) is 3.46. The fraction of sp³-hybridized carbons (Fsp3) is 1.00. The third-order valence-corrected chi connectivity index (χ3v) is 3.46. The molecule has 0 spiro atoms. The number of unbranched alkanes of at least 4 members (excludes halogenated alkanes) is 1. The van der Waals surface area contributed by atoms with Crippen LogP contribution in [0.1, 0.15) is 67.7 Å². The molecule has 170 valence electrons. The van der Waals surface area contributed by atoms with Crippen molar-refractivity contribution in [2.45, 2.75) is 92.1 Å². The molecule has 0 amide bonds. The lowest BCUT2D eigenvalue weighted by Crippen LogP contribution is -2.46. The first-order valence-corrected chi connectivity index (χ1v) is 10.1. The van der Waals surface area contributed by atoms with Gasteiger partial charge >= 0.3 is 6.16 Å². The van der Waals surface area contributed by atoms with Gasteiger partial charge < -0.3 is 33.5 Å². The summed E-state index contributed by atoms with van der Waals surface area (Å²) in [5.74, 6) is 0.247. The second-order valence-corrected chi connectivity index (χ2v) is 8.08. The molecule has 0 radical (unpaired) electrons. The smallest absolute Gasteiger partial charge is 0.385 e. The number of methoxy groups -OCH3 is 1. The minimum Gasteiger partial charge on any atom is -0.385 e. The van der Waals surface area contributed by atoms with Gasteiger partial charge in [0.05, 0.1) is 24.9 Å². The second-order valence-electron chi connectivity index (χ2n) is 8.08. The molecule has 8 heteroatoms.